The van der Waals surface area contributed by atoms with Crippen LogP contribution in [0.1, 0.15) is 20.8 Å². The summed E-state index contributed by atoms with van der Waals surface area (Å²) in [7, 11) is -4.44. The highest BCUT2D eigenvalue weighted by Crippen LogP contribution is 2.21. The van der Waals surface area contributed by atoms with E-state index in [0.717, 1.165) is 6.26 Å². The molecule has 0 heterocycles. The van der Waals surface area contributed by atoms with Crippen molar-refractivity contribution in [3.63, 3.8) is 0 Å². The lowest BCUT2D eigenvalue weighted by Gasteiger charge is -2.33. The first-order chi connectivity index (χ1) is 7.95. The molecular formula is C9H20O7Si. The fourth-order valence-corrected chi connectivity index (χ4v) is 1.81. The van der Waals surface area contributed by atoms with Crippen LogP contribution in [0.3, 0.4) is 0 Å². The van der Waals surface area contributed by atoms with Crippen molar-refractivity contribution >= 4 is 9.05 Å². The van der Waals surface area contributed by atoms with Crippen molar-refractivity contribution < 1.29 is 32.7 Å². The zero-order valence-corrected chi connectivity index (χ0v) is 11.3. The highest BCUT2D eigenvalue weighted by atomic mass is 28.4. The minimum absolute atomic E-state index is 0.193. The molecule has 0 saturated carbocycles. The second kappa shape index (κ2) is 7.77. The Labute approximate surface area is 102 Å². The van der Waals surface area contributed by atoms with Crippen LogP contribution in [0.2, 0.25) is 0 Å². The second-order valence-corrected chi connectivity index (χ2v) is 4.27. The van der Waals surface area contributed by atoms with E-state index in [1.165, 1.54) is 0 Å². The lowest BCUT2D eigenvalue weighted by molar-refractivity contribution is -0.481. The molecular weight excluding hydrogens is 248 g/mol. The van der Waals surface area contributed by atoms with Crippen LogP contribution in [0.4, 0.5) is 0 Å². The van der Waals surface area contributed by atoms with Gasteiger partial charge in [0.25, 0.3) is 0 Å². The Kier molecular flexibility index (Phi) is 7.55. The fourth-order valence-electron chi connectivity index (χ4n) is 1.04. The maximum Gasteiger partial charge on any atom is 0.749 e. The predicted molar refractivity (Wildman–Crippen MR) is 60.2 cm³/mol. The Balaban J connectivity index is 4.79. The average molecular weight is 268 g/mol. The Hall–Kier alpha value is -0.483. The number of rotatable bonds is 10. The van der Waals surface area contributed by atoms with E-state index >= 15 is 0 Å². The summed E-state index contributed by atoms with van der Waals surface area (Å²) in [5, 5.41) is 0. The predicted octanol–water partition coefficient (Wildman–Crippen LogP) is 0.304. The minimum atomic E-state index is -4.44. The number of hydrogen-bond acceptors (Lipinski definition) is 7. The first-order valence-corrected chi connectivity index (χ1v) is 7.01. The Bertz CT molecular complexity index is 204. The van der Waals surface area contributed by atoms with Crippen molar-refractivity contribution in [1.29, 1.82) is 0 Å². The molecule has 0 rings (SSSR count). The van der Waals surface area contributed by atoms with E-state index in [1.807, 2.05) is 0 Å². The van der Waals surface area contributed by atoms with Gasteiger partial charge in [0, 0.05) is 0 Å². The first kappa shape index (κ1) is 16.5. The number of ether oxygens (including phenoxy) is 3. The molecule has 8 heteroatoms. The Morgan fingerprint density at radius 2 is 1.47 bits per heavy atom. The van der Waals surface area contributed by atoms with Crippen LogP contribution in [0.25, 0.3) is 0 Å². The van der Waals surface area contributed by atoms with Gasteiger partial charge in [-0.15, -0.1) is 0 Å². The van der Waals surface area contributed by atoms with Gasteiger partial charge in [-0.3, -0.25) is 4.43 Å². The van der Waals surface area contributed by atoms with Crippen molar-refractivity contribution in [1.82, 2.24) is 0 Å². The maximum atomic E-state index is 9.47. The summed E-state index contributed by atoms with van der Waals surface area (Å²) in [6.45, 7) is 8.83. The summed E-state index contributed by atoms with van der Waals surface area (Å²) >= 11 is 0. The largest absolute Gasteiger partial charge is 0.749 e. The summed E-state index contributed by atoms with van der Waals surface area (Å²) in [5.41, 5.74) is 0. The van der Waals surface area contributed by atoms with E-state index in [1.54, 1.807) is 20.8 Å². The second-order valence-electron chi connectivity index (χ2n) is 2.73. The molecule has 0 aromatic rings. The molecule has 102 valence electrons. The van der Waals surface area contributed by atoms with E-state index in [4.69, 9.17) is 18.6 Å². The molecule has 0 aliphatic rings. The van der Waals surface area contributed by atoms with Gasteiger partial charge < -0.3 is 28.2 Å². The lowest BCUT2D eigenvalue weighted by atomic mass is 10.8. The zero-order valence-electron chi connectivity index (χ0n) is 10.3. The summed E-state index contributed by atoms with van der Waals surface area (Å²) in [4.78, 5) is 18.9. The van der Waals surface area contributed by atoms with Crippen LogP contribution in [0, 0.1) is 0 Å². The first-order valence-electron chi connectivity index (χ1n) is 5.30. The monoisotopic (exact) mass is 268 g/mol. The summed E-state index contributed by atoms with van der Waals surface area (Å²) in [5.74, 6) is 0. The summed E-state index contributed by atoms with van der Waals surface area (Å²) in [6.07, 6.45) is -1.11. The smallest absolute Gasteiger partial charge is 0.488 e. The molecule has 0 fully saturated rings. The van der Waals surface area contributed by atoms with Crippen LogP contribution < -0.4 is 0 Å². The van der Waals surface area contributed by atoms with E-state index in [-0.39, 0.29) is 19.8 Å². The third-order valence-corrected chi connectivity index (χ3v) is 2.45. The van der Waals surface area contributed by atoms with Crippen molar-refractivity contribution in [3.8, 4) is 0 Å². The highest BCUT2D eigenvalue weighted by molar-refractivity contribution is 6.50. The van der Waals surface area contributed by atoms with Crippen molar-refractivity contribution in [2.24, 2.45) is 0 Å². The maximum absolute atomic E-state index is 9.47. The van der Waals surface area contributed by atoms with Crippen molar-refractivity contribution in [3.05, 3.63) is 12.8 Å². The van der Waals surface area contributed by atoms with Gasteiger partial charge in [0.1, 0.15) is 0 Å². The Morgan fingerprint density at radius 1 is 1.06 bits per heavy atom. The SMILES string of the molecule is C=CO[Si](O)(O)OC(OCC)(OCC)OCC. The topological polar surface area (TPSA) is 86.6 Å². The van der Waals surface area contributed by atoms with Crippen LogP contribution in [-0.2, 0) is 23.1 Å². The van der Waals surface area contributed by atoms with E-state index in [9.17, 15) is 9.59 Å². The lowest BCUT2D eigenvalue weighted by Crippen LogP contribution is -2.54. The quantitative estimate of drug-likeness (QED) is 0.335. The van der Waals surface area contributed by atoms with Gasteiger partial charge in [0.05, 0.1) is 26.1 Å². The van der Waals surface area contributed by atoms with Gasteiger partial charge in [0.15, 0.2) is 0 Å². The van der Waals surface area contributed by atoms with Gasteiger partial charge in [0.2, 0.25) is 0 Å². The van der Waals surface area contributed by atoms with Crippen LogP contribution in [0.15, 0.2) is 12.8 Å². The molecule has 0 bridgehead atoms. The molecule has 0 amide bonds. The Morgan fingerprint density at radius 3 is 1.76 bits per heavy atom. The van der Waals surface area contributed by atoms with Crippen molar-refractivity contribution in [2.75, 3.05) is 19.8 Å². The zero-order chi connectivity index (χ0) is 13.4. The molecule has 0 aromatic carbocycles. The molecule has 0 aliphatic carbocycles. The van der Waals surface area contributed by atoms with Gasteiger partial charge in [-0.2, -0.15) is 0 Å². The third-order valence-electron chi connectivity index (χ3n) is 1.46. The van der Waals surface area contributed by atoms with E-state index < -0.39 is 15.2 Å². The van der Waals surface area contributed by atoms with Crippen LogP contribution in [0.5, 0.6) is 0 Å². The third kappa shape index (κ3) is 6.12. The summed E-state index contributed by atoms with van der Waals surface area (Å²) < 4.78 is 24.7. The molecule has 2 N–H and O–H groups in total. The molecule has 0 aliphatic heterocycles. The molecule has 0 atom stereocenters. The van der Waals surface area contributed by atoms with Gasteiger partial charge in [-0.05, 0) is 20.8 Å². The molecule has 17 heavy (non-hydrogen) atoms. The van der Waals surface area contributed by atoms with Crippen molar-refractivity contribution in [2.45, 2.75) is 26.9 Å². The normalized spacial score (nSPS) is 12.5. The van der Waals surface area contributed by atoms with Gasteiger partial charge in [-0.1, -0.05) is 6.58 Å². The standard InChI is InChI=1S/C9H20O7Si/c1-5-12-9(13-6-2,14-7-3)16-17(10,11)15-8-4/h8,10-11H,4-7H2,1-3H3. The van der Waals surface area contributed by atoms with Gasteiger partial charge >= 0.3 is 15.2 Å². The minimum Gasteiger partial charge on any atom is -0.488 e. The number of hydrogen-bond donors (Lipinski definition) is 2. The van der Waals surface area contributed by atoms with E-state index in [0.29, 0.717) is 0 Å². The molecule has 0 radical (unpaired) electrons. The molecule has 0 unspecified atom stereocenters. The van der Waals surface area contributed by atoms with Crippen LogP contribution >= 0.6 is 0 Å². The summed E-state index contributed by atoms with van der Waals surface area (Å²) in [6, 6.07) is 0. The van der Waals surface area contributed by atoms with E-state index in [2.05, 4.69) is 11.0 Å². The molecule has 0 spiro atoms. The highest BCUT2D eigenvalue weighted by Gasteiger charge is 2.51. The fraction of sp³-hybridized carbons (Fsp3) is 0.778. The molecule has 0 saturated heterocycles. The average Bonchev–Trinajstić information content (AvgIpc) is 2.17. The van der Waals surface area contributed by atoms with Gasteiger partial charge in [-0.25, -0.2) is 0 Å². The molecule has 0 aromatic heterocycles. The molecule has 7 nitrogen and oxygen atoms in total. The van der Waals surface area contributed by atoms with Crippen LogP contribution in [-0.4, -0.2) is 44.6 Å².